The van der Waals surface area contributed by atoms with E-state index in [0.29, 0.717) is 89.7 Å². The SMILES string of the molecule is CCCCCCCCCCCOC(=O)CCCCCN(CCCCCCCC(=O)OC(CCCCCCCC)CCCCCCCC)CCNC(=O)CN(CCCNC(=S)N(C)C)CC(=O)NCCN(CCCCCCCC(=O)OC(CCCCCCCC)CCCCCCCC)CCCCCC(=O)OCCCCCCCCCCC. The highest BCUT2D eigenvalue weighted by Gasteiger charge is 2.20. The molecular formula is C98H191N7O10S. The number of amides is 2. The molecule has 0 aromatic heterocycles. The Labute approximate surface area is 722 Å². The van der Waals surface area contributed by atoms with Crippen LogP contribution in [0.3, 0.4) is 0 Å². The molecule has 0 saturated carbocycles. The number of rotatable bonds is 92. The Morgan fingerprint density at radius 1 is 0.259 bits per heavy atom. The first-order valence-corrected chi connectivity index (χ1v) is 50.5. The molecule has 0 rings (SSSR count). The minimum absolute atomic E-state index is 0.0321. The topological polar surface area (TPSA) is 188 Å². The molecule has 0 aromatic carbocycles. The average molecular weight is 1660 g/mol. The standard InChI is InChI=1S/C98H191N7O10S/c1-9-15-21-27-33-35-37-49-65-86-112-94(108)72-59-51-63-81-103(79-61-47-39-45-57-74-96(110)114-90(68-53-41-29-23-17-11-3)69-54-42-30-24-18-12-4)84-77-99-92(106)88-105(83-67-76-101-98(116)102(7)8)89-93(107)100-78-85-104(82-64-52-60-73-95(109)113-87-66-50-38-36-34-28-22-16-10-2)80-62-48-40-46-58-75-97(111)115-91(70-55-43-31-25-19-13-5)71-56-44-32-26-20-14-6/h90-91H,9-89H2,1-8H3,(H,99,106)(H,100,107)(H,101,116). The summed E-state index contributed by atoms with van der Waals surface area (Å²) in [5.74, 6) is -0.490. The van der Waals surface area contributed by atoms with Crippen molar-refractivity contribution in [1.29, 1.82) is 0 Å². The van der Waals surface area contributed by atoms with E-state index >= 15 is 0 Å². The first-order chi connectivity index (χ1) is 56.7. The normalized spacial score (nSPS) is 11.6. The van der Waals surface area contributed by atoms with Gasteiger partial charge in [-0.2, -0.15) is 0 Å². The van der Waals surface area contributed by atoms with Crippen molar-refractivity contribution >= 4 is 53.0 Å². The third-order valence-corrected chi connectivity index (χ3v) is 23.6. The van der Waals surface area contributed by atoms with E-state index < -0.39 is 0 Å². The molecule has 0 fully saturated rings. The molecule has 2 amide bonds. The average Bonchev–Trinajstić information content (AvgIpc) is 0.928. The summed E-state index contributed by atoms with van der Waals surface area (Å²) in [6.07, 6.45) is 73.9. The highest BCUT2D eigenvalue weighted by molar-refractivity contribution is 7.80. The third kappa shape index (κ3) is 81.4. The van der Waals surface area contributed by atoms with Gasteiger partial charge in [-0.15, -0.1) is 0 Å². The number of carbonyl (C=O) groups excluding carboxylic acids is 6. The number of nitrogens with one attached hydrogen (secondary N) is 3. The number of hydrogen-bond acceptors (Lipinski definition) is 14. The molecule has 0 atom stereocenters. The third-order valence-electron chi connectivity index (χ3n) is 23.1. The number of thiocarbonyl (C=S) groups is 1. The van der Waals surface area contributed by atoms with Gasteiger partial charge < -0.3 is 49.6 Å². The van der Waals surface area contributed by atoms with Crippen LogP contribution in [0, 0.1) is 0 Å². The molecule has 0 aliphatic heterocycles. The zero-order valence-electron chi connectivity index (χ0n) is 77.7. The van der Waals surface area contributed by atoms with Crippen molar-refractivity contribution in [3.05, 3.63) is 0 Å². The molecule has 684 valence electrons. The number of ether oxygens (including phenoxy) is 4. The van der Waals surface area contributed by atoms with Crippen LogP contribution in [0.2, 0.25) is 0 Å². The molecule has 3 N–H and O–H groups in total. The lowest BCUT2D eigenvalue weighted by atomic mass is 10.0. The molecule has 0 heterocycles. The summed E-state index contributed by atoms with van der Waals surface area (Å²) in [6.45, 7) is 21.8. The molecule has 0 unspecified atom stereocenters. The Morgan fingerprint density at radius 2 is 0.500 bits per heavy atom. The second kappa shape index (κ2) is 89.2. The van der Waals surface area contributed by atoms with Crippen molar-refractivity contribution in [2.24, 2.45) is 0 Å². The fourth-order valence-electron chi connectivity index (χ4n) is 15.6. The maximum Gasteiger partial charge on any atom is 0.306 e. The maximum absolute atomic E-state index is 14.0. The van der Waals surface area contributed by atoms with E-state index in [0.717, 1.165) is 206 Å². The van der Waals surface area contributed by atoms with E-state index in [1.807, 2.05) is 23.9 Å². The van der Waals surface area contributed by atoms with Gasteiger partial charge in [0.1, 0.15) is 12.2 Å². The van der Waals surface area contributed by atoms with Gasteiger partial charge in [-0.1, -0.05) is 324 Å². The summed E-state index contributed by atoms with van der Waals surface area (Å²) < 4.78 is 23.6. The van der Waals surface area contributed by atoms with Crippen molar-refractivity contribution in [1.82, 2.24) is 35.6 Å². The molecule has 0 aliphatic rings. The molecule has 0 aromatic rings. The van der Waals surface area contributed by atoms with E-state index in [-0.39, 0.29) is 61.0 Å². The van der Waals surface area contributed by atoms with Gasteiger partial charge in [-0.3, -0.25) is 33.7 Å². The number of nitrogens with zero attached hydrogens (tertiary/aromatic N) is 4. The number of unbranched alkanes of at least 4 members (excludes halogenated alkanes) is 48. The fraction of sp³-hybridized carbons (Fsp3) is 0.929. The number of hydrogen-bond donors (Lipinski definition) is 3. The summed E-state index contributed by atoms with van der Waals surface area (Å²) in [4.78, 5) is 88.5. The summed E-state index contributed by atoms with van der Waals surface area (Å²) in [7, 11) is 3.82. The molecule has 18 heteroatoms. The lowest BCUT2D eigenvalue weighted by Crippen LogP contribution is -2.46. The van der Waals surface area contributed by atoms with Crippen LogP contribution in [0.4, 0.5) is 0 Å². The Kier molecular flexibility index (Phi) is 86.4. The Balaban J connectivity index is 5.92. The van der Waals surface area contributed by atoms with E-state index in [1.165, 1.54) is 218 Å². The lowest BCUT2D eigenvalue weighted by Gasteiger charge is -2.25. The maximum atomic E-state index is 14.0. The zero-order valence-corrected chi connectivity index (χ0v) is 78.5. The quantitative estimate of drug-likeness (QED) is 0.0226. The first-order valence-electron chi connectivity index (χ1n) is 50.1. The Morgan fingerprint density at radius 3 is 0.793 bits per heavy atom. The second-order valence-corrected chi connectivity index (χ2v) is 35.2. The van der Waals surface area contributed by atoms with Crippen LogP contribution < -0.4 is 16.0 Å². The monoisotopic (exact) mass is 1660 g/mol. The van der Waals surface area contributed by atoms with Crippen LogP contribution in [0.1, 0.15) is 472 Å². The minimum atomic E-state index is -0.116. The highest BCUT2D eigenvalue weighted by Crippen LogP contribution is 2.22. The summed E-state index contributed by atoms with van der Waals surface area (Å²) >= 11 is 5.53. The summed E-state index contributed by atoms with van der Waals surface area (Å²) in [5, 5.41) is 10.4. The summed E-state index contributed by atoms with van der Waals surface area (Å²) in [5.41, 5.74) is 0. The lowest BCUT2D eigenvalue weighted by molar-refractivity contribution is -0.151. The number of esters is 4. The Bertz CT molecular complexity index is 2030. The minimum Gasteiger partial charge on any atom is -0.466 e. The van der Waals surface area contributed by atoms with Gasteiger partial charge in [-0.25, -0.2) is 0 Å². The van der Waals surface area contributed by atoms with Crippen molar-refractivity contribution in [2.45, 2.75) is 484 Å². The van der Waals surface area contributed by atoms with Gasteiger partial charge in [0.05, 0.1) is 26.3 Å². The predicted octanol–water partition coefficient (Wildman–Crippen LogP) is 24.7. The van der Waals surface area contributed by atoms with E-state index in [4.69, 9.17) is 31.2 Å². The molecule has 0 radical (unpaired) electrons. The molecule has 0 bridgehead atoms. The van der Waals surface area contributed by atoms with Crippen LogP contribution >= 0.6 is 12.2 Å². The van der Waals surface area contributed by atoms with Crippen LogP contribution in [0.25, 0.3) is 0 Å². The van der Waals surface area contributed by atoms with E-state index in [9.17, 15) is 28.8 Å². The van der Waals surface area contributed by atoms with E-state index in [1.54, 1.807) is 0 Å². The van der Waals surface area contributed by atoms with Crippen molar-refractivity contribution in [2.75, 3.05) is 106 Å². The fourth-order valence-corrected chi connectivity index (χ4v) is 15.7. The molecule has 0 spiro atoms. The van der Waals surface area contributed by atoms with Crippen molar-refractivity contribution < 1.29 is 47.7 Å². The van der Waals surface area contributed by atoms with E-state index in [2.05, 4.69) is 67.3 Å². The van der Waals surface area contributed by atoms with Gasteiger partial charge in [0.15, 0.2) is 5.11 Å². The molecule has 0 aliphatic carbocycles. The smallest absolute Gasteiger partial charge is 0.306 e. The summed E-state index contributed by atoms with van der Waals surface area (Å²) in [6, 6.07) is 0. The van der Waals surface area contributed by atoms with Crippen LogP contribution in [0.15, 0.2) is 0 Å². The van der Waals surface area contributed by atoms with Gasteiger partial charge >= 0.3 is 23.9 Å². The molecular weight excluding hydrogens is 1470 g/mol. The van der Waals surface area contributed by atoms with Crippen molar-refractivity contribution in [3.63, 3.8) is 0 Å². The van der Waals surface area contributed by atoms with Gasteiger partial charge in [-0.05, 0) is 160 Å². The number of carbonyl (C=O) groups is 6. The second-order valence-electron chi connectivity index (χ2n) is 34.8. The van der Waals surface area contributed by atoms with Gasteiger partial charge in [0, 0.05) is 79.0 Å². The van der Waals surface area contributed by atoms with Crippen LogP contribution in [-0.2, 0) is 47.7 Å². The predicted molar refractivity (Wildman–Crippen MR) is 495 cm³/mol. The molecule has 0 saturated heterocycles. The van der Waals surface area contributed by atoms with Crippen LogP contribution in [0.5, 0.6) is 0 Å². The molecule has 116 heavy (non-hydrogen) atoms. The largest absolute Gasteiger partial charge is 0.466 e. The van der Waals surface area contributed by atoms with Gasteiger partial charge in [0.2, 0.25) is 11.8 Å². The van der Waals surface area contributed by atoms with Gasteiger partial charge in [0.25, 0.3) is 0 Å². The van der Waals surface area contributed by atoms with Crippen molar-refractivity contribution in [3.8, 4) is 0 Å². The Hall–Kier alpha value is -3.61. The zero-order chi connectivity index (χ0) is 84.7. The first kappa shape index (κ1) is 112. The molecule has 17 nitrogen and oxygen atoms in total. The van der Waals surface area contributed by atoms with Crippen LogP contribution in [-0.4, -0.2) is 178 Å². The highest BCUT2D eigenvalue weighted by atomic mass is 32.1.